The first-order valence-corrected chi connectivity index (χ1v) is 8.01. The Hall–Kier alpha value is -1.55. The van der Waals surface area contributed by atoms with Crippen LogP contribution in [0.25, 0.3) is 0 Å². The van der Waals surface area contributed by atoms with Crippen LogP contribution in [0.15, 0.2) is 35.5 Å². The molecule has 0 radical (unpaired) electrons. The second-order valence-electron chi connectivity index (χ2n) is 6.60. The van der Waals surface area contributed by atoms with E-state index in [1.165, 1.54) is 31.2 Å². The lowest BCUT2D eigenvalue weighted by atomic mass is 9.88. The van der Waals surface area contributed by atoms with Gasteiger partial charge in [-0.2, -0.15) is 0 Å². The maximum atomic E-state index is 8.83. The van der Waals surface area contributed by atoms with Crippen molar-refractivity contribution in [1.29, 1.82) is 0 Å². The molecule has 4 unspecified atom stereocenters. The van der Waals surface area contributed by atoms with Crippen molar-refractivity contribution in [3.8, 4) is 0 Å². The second-order valence-corrected chi connectivity index (χ2v) is 6.60. The number of benzene rings is 1. The van der Waals surface area contributed by atoms with Crippen LogP contribution in [0.2, 0.25) is 0 Å². The second kappa shape index (κ2) is 6.48. The summed E-state index contributed by atoms with van der Waals surface area (Å²) in [5, 5.41) is 15.6. The summed E-state index contributed by atoms with van der Waals surface area (Å²) in [5.74, 6) is 2.98. The Morgan fingerprint density at radius 2 is 2.10 bits per heavy atom. The molecule has 2 aliphatic rings. The van der Waals surface area contributed by atoms with Crippen molar-refractivity contribution in [3.05, 3.63) is 35.9 Å². The molecule has 2 aliphatic carbocycles. The van der Waals surface area contributed by atoms with E-state index in [0.29, 0.717) is 6.42 Å². The Labute approximate surface area is 126 Å². The van der Waals surface area contributed by atoms with Gasteiger partial charge in [-0.3, -0.25) is 0 Å². The van der Waals surface area contributed by atoms with Crippen molar-refractivity contribution >= 4 is 5.84 Å². The van der Waals surface area contributed by atoms with Crippen LogP contribution in [-0.2, 0) is 0 Å². The number of rotatable bonds is 6. The third-order valence-corrected chi connectivity index (χ3v) is 5.25. The van der Waals surface area contributed by atoms with Crippen LogP contribution in [0.4, 0.5) is 0 Å². The molecule has 2 fully saturated rings. The first kappa shape index (κ1) is 14.4. The summed E-state index contributed by atoms with van der Waals surface area (Å²) in [4.78, 5) is 0. The minimum atomic E-state index is 0.126. The fourth-order valence-corrected chi connectivity index (χ4v) is 4.16. The fraction of sp³-hybridized carbons (Fsp3) is 0.588. The van der Waals surface area contributed by atoms with E-state index in [1.807, 2.05) is 18.2 Å². The Kier molecular flexibility index (Phi) is 4.44. The third-order valence-electron chi connectivity index (χ3n) is 5.25. The van der Waals surface area contributed by atoms with Gasteiger partial charge in [0, 0.05) is 12.5 Å². The van der Waals surface area contributed by atoms with Gasteiger partial charge in [0.2, 0.25) is 0 Å². The van der Waals surface area contributed by atoms with Crippen molar-refractivity contribution < 1.29 is 5.21 Å². The first-order chi connectivity index (χ1) is 10.3. The van der Waals surface area contributed by atoms with E-state index >= 15 is 0 Å². The standard InChI is InChI=1S/C17H25N3O/c18-17(20-21)10-16(13-4-2-1-3-5-13)19-11-15-9-12-6-7-14(15)8-12/h1-5,12,14-16,19,21H,6-11H2,(H2,18,20). The summed E-state index contributed by atoms with van der Waals surface area (Å²) in [6, 6.07) is 10.4. The molecule has 0 aliphatic heterocycles. The molecular weight excluding hydrogens is 262 g/mol. The number of oxime groups is 1. The van der Waals surface area contributed by atoms with E-state index < -0.39 is 0 Å². The van der Waals surface area contributed by atoms with Crippen molar-refractivity contribution in [2.24, 2.45) is 28.6 Å². The number of nitrogens with two attached hydrogens (primary N) is 1. The molecule has 0 aromatic heterocycles. The molecule has 4 heteroatoms. The highest BCUT2D eigenvalue weighted by Crippen LogP contribution is 2.48. The minimum Gasteiger partial charge on any atom is -0.409 e. The maximum absolute atomic E-state index is 8.83. The van der Waals surface area contributed by atoms with Gasteiger partial charge in [-0.15, -0.1) is 0 Å². The molecule has 0 spiro atoms. The smallest absolute Gasteiger partial charge is 0.141 e. The predicted octanol–water partition coefficient (Wildman–Crippen LogP) is 2.89. The fourth-order valence-electron chi connectivity index (χ4n) is 4.16. The topological polar surface area (TPSA) is 70.6 Å². The molecule has 4 N–H and O–H groups in total. The molecule has 0 amide bonds. The Morgan fingerprint density at radius 3 is 2.71 bits per heavy atom. The lowest BCUT2D eigenvalue weighted by molar-refractivity contribution is 0.303. The quantitative estimate of drug-likeness (QED) is 0.326. The van der Waals surface area contributed by atoms with Gasteiger partial charge in [0.05, 0.1) is 0 Å². The third kappa shape index (κ3) is 3.38. The molecule has 2 bridgehead atoms. The summed E-state index contributed by atoms with van der Waals surface area (Å²) in [6.45, 7) is 1.04. The summed E-state index contributed by atoms with van der Waals surface area (Å²) in [6.07, 6.45) is 6.20. The maximum Gasteiger partial charge on any atom is 0.141 e. The largest absolute Gasteiger partial charge is 0.409 e. The zero-order valence-electron chi connectivity index (χ0n) is 12.4. The van der Waals surface area contributed by atoms with Gasteiger partial charge in [0.15, 0.2) is 0 Å². The number of hydrogen-bond acceptors (Lipinski definition) is 3. The summed E-state index contributed by atoms with van der Waals surface area (Å²) >= 11 is 0. The molecule has 4 nitrogen and oxygen atoms in total. The lowest BCUT2D eigenvalue weighted by Gasteiger charge is -2.26. The summed E-state index contributed by atoms with van der Waals surface area (Å²) < 4.78 is 0. The zero-order chi connectivity index (χ0) is 14.7. The Bertz CT molecular complexity index is 488. The first-order valence-electron chi connectivity index (χ1n) is 8.01. The van der Waals surface area contributed by atoms with Crippen LogP contribution in [0.5, 0.6) is 0 Å². The van der Waals surface area contributed by atoms with Crippen molar-refractivity contribution in [2.75, 3.05) is 6.54 Å². The molecule has 1 aromatic carbocycles. The van der Waals surface area contributed by atoms with Crippen LogP contribution in [-0.4, -0.2) is 17.6 Å². The molecule has 0 saturated heterocycles. The highest BCUT2D eigenvalue weighted by atomic mass is 16.4. The number of hydrogen-bond donors (Lipinski definition) is 3. The lowest BCUT2D eigenvalue weighted by Crippen LogP contribution is -2.32. The van der Waals surface area contributed by atoms with Crippen molar-refractivity contribution in [2.45, 2.75) is 38.1 Å². The Balaban J connectivity index is 1.62. The molecule has 2 saturated carbocycles. The van der Waals surface area contributed by atoms with E-state index in [-0.39, 0.29) is 11.9 Å². The van der Waals surface area contributed by atoms with E-state index in [2.05, 4.69) is 22.6 Å². The normalized spacial score (nSPS) is 29.7. The van der Waals surface area contributed by atoms with Gasteiger partial charge in [0.1, 0.15) is 5.84 Å². The number of nitrogens with zero attached hydrogens (tertiary/aromatic N) is 1. The van der Waals surface area contributed by atoms with Gasteiger partial charge in [0.25, 0.3) is 0 Å². The molecule has 21 heavy (non-hydrogen) atoms. The molecular formula is C17H25N3O. The zero-order valence-corrected chi connectivity index (χ0v) is 12.4. The number of amidine groups is 1. The van der Waals surface area contributed by atoms with Crippen LogP contribution in [0, 0.1) is 17.8 Å². The van der Waals surface area contributed by atoms with Crippen LogP contribution in [0.3, 0.4) is 0 Å². The summed E-state index contributed by atoms with van der Waals surface area (Å²) in [5.41, 5.74) is 6.92. The molecule has 1 aromatic rings. The van der Waals surface area contributed by atoms with Crippen LogP contribution < -0.4 is 11.1 Å². The monoisotopic (exact) mass is 287 g/mol. The average molecular weight is 287 g/mol. The number of fused-ring (bicyclic) bond motifs is 2. The van der Waals surface area contributed by atoms with Crippen LogP contribution in [0.1, 0.15) is 43.7 Å². The average Bonchev–Trinajstić information content (AvgIpc) is 3.14. The molecule has 0 heterocycles. The van der Waals surface area contributed by atoms with Gasteiger partial charge < -0.3 is 16.3 Å². The highest BCUT2D eigenvalue weighted by Gasteiger charge is 2.39. The van der Waals surface area contributed by atoms with Gasteiger partial charge in [-0.05, 0) is 49.1 Å². The van der Waals surface area contributed by atoms with Gasteiger partial charge in [-0.1, -0.05) is 41.9 Å². The van der Waals surface area contributed by atoms with Crippen molar-refractivity contribution in [1.82, 2.24) is 5.32 Å². The summed E-state index contributed by atoms with van der Waals surface area (Å²) in [7, 11) is 0. The van der Waals surface area contributed by atoms with Crippen molar-refractivity contribution in [3.63, 3.8) is 0 Å². The molecule has 3 rings (SSSR count). The van der Waals surface area contributed by atoms with E-state index in [4.69, 9.17) is 10.9 Å². The minimum absolute atomic E-state index is 0.126. The van der Waals surface area contributed by atoms with Crippen LogP contribution >= 0.6 is 0 Å². The number of nitrogens with one attached hydrogen (secondary N) is 1. The highest BCUT2D eigenvalue weighted by molar-refractivity contribution is 5.80. The van der Waals surface area contributed by atoms with E-state index in [0.717, 1.165) is 24.3 Å². The predicted molar refractivity (Wildman–Crippen MR) is 84.1 cm³/mol. The van der Waals surface area contributed by atoms with Gasteiger partial charge in [-0.25, -0.2) is 0 Å². The van der Waals surface area contributed by atoms with Gasteiger partial charge >= 0.3 is 0 Å². The SMILES string of the molecule is NC(CC(NCC1CC2CCC1C2)c1ccccc1)=NO. The van der Waals surface area contributed by atoms with E-state index in [1.54, 1.807) is 0 Å². The molecule has 114 valence electrons. The molecule has 4 atom stereocenters. The Morgan fingerprint density at radius 1 is 1.29 bits per heavy atom. The van der Waals surface area contributed by atoms with E-state index in [9.17, 15) is 0 Å².